The van der Waals surface area contributed by atoms with Crippen LogP contribution in [0.2, 0.25) is 0 Å². The SMILES string of the molecule is CCS/C(=N\c1cccc(-c2ccccc2)c1)C(C)C. The molecule has 2 heteroatoms. The van der Waals surface area contributed by atoms with Gasteiger partial charge in [-0.1, -0.05) is 63.2 Å². The molecule has 0 saturated carbocycles. The van der Waals surface area contributed by atoms with Gasteiger partial charge in [0.25, 0.3) is 0 Å². The van der Waals surface area contributed by atoms with E-state index in [1.54, 1.807) is 0 Å². The van der Waals surface area contributed by atoms with Gasteiger partial charge in [-0.25, -0.2) is 4.99 Å². The van der Waals surface area contributed by atoms with Gasteiger partial charge in [-0.3, -0.25) is 0 Å². The van der Waals surface area contributed by atoms with E-state index in [0.717, 1.165) is 11.4 Å². The molecule has 20 heavy (non-hydrogen) atoms. The Bertz CT molecular complexity index is 573. The lowest BCUT2D eigenvalue weighted by Crippen LogP contribution is -2.02. The van der Waals surface area contributed by atoms with Gasteiger partial charge in [0, 0.05) is 5.92 Å². The number of benzene rings is 2. The minimum absolute atomic E-state index is 0.473. The highest BCUT2D eigenvalue weighted by Crippen LogP contribution is 2.26. The average Bonchev–Trinajstić information content (AvgIpc) is 2.48. The molecule has 0 saturated heterocycles. The predicted octanol–water partition coefficient (Wildman–Crippen LogP) is 5.79. The van der Waals surface area contributed by atoms with Gasteiger partial charge in [0.05, 0.1) is 10.7 Å². The molecule has 1 nitrogen and oxygen atoms in total. The van der Waals surface area contributed by atoms with E-state index in [1.165, 1.54) is 16.2 Å². The molecule has 0 atom stereocenters. The molecule has 0 aliphatic heterocycles. The van der Waals surface area contributed by atoms with Gasteiger partial charge >= 0.3 is 0 Å². The van der Waals surface area contributed by atoms with E-state index in [1.807, 2.05) is 17.8 Å². The Kier molecular flexibility index (Phi) is 5.42. The monoisotopic (exact) mass is 283 g/mol. The fourth-order valence-electron chi connectivity index (χ4n) is 1.99. The molecule has 2 rings (SSSR count). The molecule has 0 N–H and O–H groups in total. The van der Waals surface area contributed by atoms with Crippen LogP contribution >= 0.6 is 11.8 Å². The minimum atomic E-state index is 0.473. The molecule has 0 heterocycles. The third-order valence-corrected chi connectivity index (χ3v) is 4.13. The number of hydrogen-bond donors (Lipinski definition) is 0. The largest absolute Gasteiger partial charge is 0.246 e. The molecule has 0 aliphatic rings. The van der Waals surface area contributed by atoms with Gasteiger partial charge in [0.1, 0.15) is 0 Å². The Morgan fingerprint density at radius 1 is 1.00 bits per heavy atom. The van der Waals surface area contributed by atoms with Gasteiger partial charge in [0.2, 0.25) is 0 Å². The molecule has 2 aromatic carbocycles. The standard InChI is InChI=1S/C18H21NS/c1-4-20-18(14(2)3)19-17-12-8-11-16(13-17)15-9-6-5-7-10-15/h5-14H,4H2,1-3H3/b19-18-. The number of aliphatic imine (C=N–C) groups is 1. The molecule has 0 aliphatic carbocycles. The fourth-order valence-corrected chi connectivity index (χ4v) is 2.79. The number of thioether (sulfide) groups is 1. The molecule has 0 aromatic heterocycles. The van der Waals surface area contributed by atoms with Gasteiger partial charge < -0.3 is 0 Å². The maximum absolute atomic E-state index is 4.81. The number of nitrogens with zero attached hydrogens (tertiary/aromatic N) is 1. The zero-order valence-electron chi connectivity index (χ0n) is 12.3. The van der Waals surface area contributed by atoms with Crippen LogP contribution in [0.1, 0.15) is 20.8 Å². The van der Waals surface area contributed by atoms with Crippen LogP contribution in [0.3, 0.4) is 0 Å². The summed E-state index contributed by atoms with van der Waals surface area (Å²) >= 11 is 1.83. The Balaban J connectivity index is 2.32. The molecule has 0 amide bonds. The third kappa shape index (κ3) is 3.97. The van der Waals surface area contributed by atoms with Crippen LogP contribution in [0.5, 0.6) is 0 Å². The molecular weight excluding hydrogens is 262 g/mol. The van der Waals surface area contributed by atoms with Crippen molar-refractivity contribution in [3.05, 3.63) is 54.6 Å². The highest BCUT2D eigenvalue weighted by atomic mass is 32.2. The van der Waals surface area contributed by atoms with E-state index in [2.05, 4.69) is 69.3 Å². The predicted molar refractivity (Wildman–Crippen MR) is 91.9 cm³/mol. The van der Waals surface area contributed by atoms with E-state index in [-0.39, 0.29) is 0 Å². The Labute approximate surface area is 126 Å². The van der Waals surface area contributed by atoms with Crippen molar-refractivity contribution in [2.24, 2.45) is 10.9 Å². The smallest absolute Gasteiger partial charge is 0.0763 e. The highest BCUT2D eigenvalue weighted by Gasteiger charge is 2.05. The fraction of sp³-hybridized carbons (Fsp3) is 0.278. The number of hydrogen-bond acceptors (Lipinski definition) is 2. The maximum Gasteiger partial charge on any atom is 0.0763 e. The van der Waals surface area contributed by atoms with Crippen LogP contribution in [0.4, 0.5) is 5.69 Å². The first-order valence-corrected chi connectivity index (χ1v) is 8.06. The van der Waals surface area contributed by atoms with Crippen molar-refractivity contribution in [2.75, 3.05) is 5.75 Å². The summed E-state index contributed by atoms with van der Waals surface area (Å²) in [6.07, 6.45) is 0. The Hall–Kier alpha value is -1.54. The quantitative estimate of drug-likeness (QED) is 0.511. The summed E-state index contributed by atoms with van der Waals surface area (Å²) in [5.74, 6) is 1.54. The van der Waals surface area contributed by atoms with Crippen molar-refractivity contribution in [1.29, 1.82) is 0 Å². The van der Waals surface area contributed by atoms with Crippen LogP contribution in [0, 0.1) is 5.92 Å². The van der Waals surface area contributed by atoms with Crippen molar-refractivity contribution < 1.29 is 0 Å². The Morgan fingerprint density at radius 2 is 1.70 bits per heavy atom. The van der Waals surface area contributed by atoms with Gasteiger partial charge in [-0.05, 0) is 29.0 Å². The van der Waals surface area contributed by atoms with E-state index >= 15 is 0 Å². The molecular formula is C18H21NS. The minimum Gasteiger partial charge on any atom is -0.246 e. The second-order valence-corrected chi connectivity index (χ2v) is 6.24. The molecule has 2 aromatic rings. The lowest BCUT2D eigenvalue weighted by Gasteiger charge is -2.09. The molecule has 0 fully saturated rings. The van der Waals surface area contributed by atoms with Crippen molar-refractivity contribution in [1.82, 2.24) is 0 Å². The van der Waals surface area contributed by atoms with E-state index in [4.69, 9.17) is 4.99 Å². The van der Waals surface area contributed by atoms with E-state index < -0.39 is 0 Å². The molecule has 104 valence electrons. The first-order chi connectivity index (χ1) is 9.70. The van der Waals surface area contributed by atoms with Gasteiger partial charge in [-0.2, -0.15) is 0 Å². The number of rotatable bonds is 4. The van der Waals surface area contributed by atoms with Gasteiger partial charge in [0.15, 0.2) is 0 Å². The van der Waals surface area contributed by atoms with Crippen molar-refractivity contribution in [3.8, 4) is 11.1 Å². The van der Waals surface area contributed by atoms with Crippen molar-refractivity contribution in [2.45, 2.75) is 20.8 Å². The molecule has 0 bridgehead atoms. The Morgan fingerprint density at radius 3 is 2.35 bits per heavy atom. The van der Waals surface area contributed by atoms with Crippen LogP contribution in [-0.2, 0) is 0 Å². The zero-order valence-corrected chi connectivity index (χ0v) is 13.2. The summed E-state index contributed by atoms with van der Waals surface area (Å²) in [5.41, 5.74) is 3.49. The van der Waals surface area contributed by atoms with E-state index in [0.29, 0.717) is 5.92 Å². The van der Waals surface area contributed by atoms with Crippen molar-refractivity contribution in [3.63, 3.8) is 0 Å². The average molecular weight is 283 g/mol. The topological polar surface area (TPSA) is 12.4 Å². The maximum atomic E-state index is 4.81. The van der Waals surface area contributed by atoms with Crippen LogP contribution < -0.4 is 0 Å². The van der Waals surface area contributed by atoms with Gasteiger partial charge in [-0.15, -0.1) is 11.8 Å². The summed E-state index contributed by atoms with van der Waals surface area (Å²) in [4.78, 5) is 4.81. The van der Waals surface area contributed by atoms with Crippen LogP contribution in [0.15, 0.2) is 59.6 Å². The first-order valence-electron chi connectivity index (χ1n) is 7.07. The molecule has 0 radical (unpaired) electrons. The second-order valence-electron chi connectivity index (χ2n) is 4.95. The highest BCUT2D eigenvalue weighted by molar-refractivity contribution is 8.13. The van der Waals surface area contributed by atoms with E-state index in [9.17, 15) is 0 Å². The normalized spacial score (nSPS) is 11.9. The zero-order chi connectivity index (χ0) is 14.4. The first kappa shape index (κ1) is 14.9. The summed E-state index contributed by atoms with van der Waals surface area (Å²) in [5, 5.41) is 1.21. The summed E-state index contributed by atoms with van der Waals surface area (Å²) < 4.78 is 0. The summed E-state index contributed by atoms with van der Waals surface area (Å²) in [6.45, 7) is 6.56. The summed E-state index contributed by atoms with van der Waals surface area (Å²) in [6, 6.07) is 18.9. The second kappa shape index (κ2) is 7.30. The lowest BCUT2D eigenvalue weighted by atomic mass is 10.1. The van der Waals surface area contributed by atoms with Crippen LogP contribution in [-0.4, -0.2) is 10.8 Å². The van der Waals surface area contributed by atoms with Crippen molar-refractivity contribution >= 4 is 22.5 Å². The third-order valence-electron chi connectivity index (χ3n) is 2.98. The molecule has 0 unspecified atom stereocenters. The lowest BCUT2D eigenvalue weighted by molar-refractivity contribution is 0.900. The molecule has 0 spiro atoms. The van der Waals surface area contributed by atoms with Crippen LogP contribution in [0.25, 0.3) is 11.1 Å². The summed E-state index contributed by atoms with van der Waals surface area (Å²) in [7, 11) is 0.